The summed E-state index contributed by atoms with van der Waals surface area (Å²) in [6, 6.07) is 0. The minimum absolute atomic E-state index is 0.403. The van der Waals surface area contributed by atoms with Crippen molar-refractivity contribution in [3.8, 4) is 0 Å². The Hall–Kier alpha value is -0.460. The highest BCUT2D eigenvalue weighted by Crippen LogP contribution is 2.17. The van der Waals surface area contributed by atoms with Crippen molar-refractivity contribution < 1.29 is 4.74 Å². The average molecular weight is 240 g/mol. The Morgan fingerprint density at radius 3 is 2.18 bits per heavy atom. The van der Waals surface area contributed by atoms with Crippen LogP contribution in [-0.2, 0) is 4.74 Å². The Bertz CT molecular complexity index is 174. The zero-order valence-electron chi connectivity index (χ0n) is 12.3. The average Bonchev–Trinajstić information content (AvgIpc) is 2.33. The first-order chi connectivity index (χ1) is 8.24. The fourth-order valence-electron chi connectivity index (χ4n) is 2.01. The molecule has 1 heteroatoms. The Morgan fingerprint density at radius 2 is 1.59 bits per heavy atom. The molecule has 0 aromatic carbocycles. The molecule has 0 aromatic heterocycles. The molecular weight excluding hydrogens is 208 g/mol. The van der Waals surface area contributed by atoms with E-state index in [0.29, 0.717) is 6.10 Å². The molecule has 0 N–H and O–H groups in total. The Morgan fingerprint density at radius 1 is 0.941 bits per heavy atom. The molecule has 0 amide bonds. The van der Waals surface area contributed by atoms with Crippen molar-refractivity contribution in [3.63, 3.8) is 0 Å². The van der Waals surface area contributed by atoms with Crippen LogP contribution in [0.4, 0.5) is 0 Å². The van der Waals surface area contributed by atoms with E-state index < -0.39 is 0 Å². The Kier molecular flexibility index (Phi) is 11.7. The highest BCUT2D eigenvalue weighted by molar-refractivity contribution is 4.83. The topological polar surface area (TPSA) is 9.23 Å². The lowest BCUT2D eigenvalue weighted by atomic mass is 10.1. The molecular formula is C16H32O. The van der Waals surface area contributed by atoms with E-state index >= 15 is 0 Å². The van der Waals surface area contributed by atoms with Gasteiger partial charge in [0.15, 0.2) is 0 Å². The maximum atomic E-state index is 5.93. The van der Waals surface area contributed by atoms with E-state index in [1.165, 1.54) is 51.4 Å². The monoisotopic (exact) mass is 240 g/mol. The van der Waals surface area contributed by atoms with Crippen LogP contribution in [0.3, 0.4) is 0 Å². The second kappa shape index (κ2) is 12.0. The van der Waals surface area contributed by atoms with E-state index in [-0.39, 0.29) is 0 Å². The zero-order chi connectivity index (χ0) is 12.9. The minimum atomic E-state index is 0.403. The van der Waals surface area contributed by atoms with Gasteiger partial charge in [-0.05, 0) is 25.7 Å². The summed E-state index contributed by atoms with van der Waals surface area (Å²) in [4.78, 5) is 0. The van der Waals surface area contributed by atoms with Crippen molar-refractivity contribution in [1.29, 1.82) is 0 Å². The maximum absolute atomic E-state index is 5.93. The van der Waals surface area contributed by atoms with Gasteiger partial charge in [0.2, 0.25) is 0 Å². The first-order valence-electron chi connectivity index (χ1n) is 7.58. The van der Waals surface area contributed by atoms with Gasteiger partial charge in [0.25, 0.3) is 0 Å². The van der Waals surface area contributed by atoms with Gasteiger partial charge in [-0.15, -0.1) is 0 Å². The highest BCUT2D eigenvalue weighted by Gasteiger charge is 2.08. The summed E-state index contributed by atoms with van der Waals surface area (Å²) in [5.41, 5.74) is 0. The number of hydrogen-bond donors (Lipinski definition) is 0. The summed E-state index contributed by atoms with van der Waals surface area (Å²) in [5.74, 6) is 1.00. The van der Waals surface area contributed by atoms with E-state index in [1.807, 2.05) is 0 Å². The van der Waals surface area contributed by atoms with Crippen LogP contribution in [0, 0.1) is 0 Å². The molecule has 102 valence electrons. The molecule has 0 fully saturated rings. The molecule has 17 heavy (non-hydrogen) atoms. The summed E-state index contributed by atoms with van der Waals surface area (Å²) in [6.45, 7) is 10.7. The minimum Gasteiger partial charge on any atom is -0.495 e. The van der Waals surface area contributed by atoms with Crippen LogP contribution in [-0.4, -0.2) is 6.10 Å². The van der Waals surface area contributed by atoms with E-state index in [2.05, 4.69) is 27.4 Å². The van der Waals surface area contributed by atoms with Gasteiger partial charge in [-0.3, -0.25) is 0 Å². The third-order valence-electron chi connectivity index (χ3n) is 3.23. The van der Waals surface area contributed by atoms with E-state index in [1.54, 1.807) is 0 Å². The highest BCUT2D eigenvalue weighted by atomic mass is 16.5. The van der Waals surface area contributed by atoms with Crippen LogP contribution < -0.4 is 0 Å². The number of hydrogen-bond acceptors (Lipinski definition) is 1. The fraction of sp³-hybridized carbons (Fsp3) is 0.875. The van der Waals surface area contributed by atoms with Gasteiger partial charge in [-0.2, -0.15) is 0 Å². The van der Waals surface area contributed by atoms with Crippen molar-refractivity contribution in [2.45, 2.75) is 91.1 Å². The summed E-state index contributed by atoms with van der Waals surface area (Å²) in [5, 5.41) is 0. The van der Waals surface area contributed by atoms with Crippen LogP contribution in [0.15, 0.2) is 12.3 Å². The van der Waals surface area contributed by atoms with E-state index in [4.69, 9.17) is 4.74 Å². The van der Waals surface area contributed by atoms with Crippen molar-refractivity contribution in [3.05, 3.63) is 12.3 Å². The molecule has 0 saturated heterocycles. The molecule has 0 aliphatic carbocycles. The molecule has 0 aliphatic rings. The van der Waals surface area contributed by atoms with Gasteiger partial charge >= 0.3 is 0 Å². The normalized spacial score (nSPS) is 12.4. The number of allylic oxidation sites excluding steroid dienone is 1. The van der Waals surface area contributed by atoms with Gasteiger partial charge in [-0.1, -0.05) is 59.5 Å². The van der Waals surface area contributed by atoms with Gasteiger partial charge < -0.3 is 4.74 Å². The Balaban J connectivity index is 3.59. The molecule has 0 radical (unpaired) electrons. The van der Waals surface area contributed by atoms with Crippen LogP contribution in [0.5, 0.6) is 0 Å². The van der Waals surface area contributed by atoms with Crippen LogP contribution in [0.2, 0.25) is 0 Å². The molecule has 0 aliphatic heterocycles. The van der Waals surface area contributed by atoms with Crippen LogP contribution >= 0.6 is 0 Å². The standard InChI is InChI=1S/C16H32O/c1-5-8-10-12-13-15(4)17-16(7-3)14-11-9-6-2/h16H,4-14H2,1-3H3. The molecule has 1 unspecified atom stereocenters. The van der Waals surface area contributed by atoms with Gasteiger partial charge in [0, 0.05) is 6.42 Å². The smallest absolute Gasteiger partial charge is 0.0979 e. The first kappa shape index (κ1) is 16.5. The number of unbranched alkanes of at least 4 members (excludes halogenated alkanes) is 5. The quantitative estimate of drug-likeness (QED) is 0.307. The SMILES string of the molecule is C=C(CCCCCC)OC(CC)CCCCC. The van der Waals surface area contributed by atoms with E-state index in [9.17, 15) is 0 Å². The van der Waals surface area contributed by atoms with Crippen molar-refractivity contribution in [1.82, 2.24) is 0 Å². The van der Waals surface area contributed by atoms with Crippen molar-refractivity contribution in [2.75, 3.05) is 0 Å². The van der Waals surface area contributed by atoms with E-state index in [0.717, 1.165) is 18.6 Å². The summed E-state index contributed by atoms with van der Waals surface area (Å²) >= 11 is 0. The number of rotatable bonds is 12. The van der Waals surface area contributed by atoms with Gasteiger partial charge in [0.1, 0.15) is 0 Å². The third kappa shape index (κ3) is 10.4. The summed E-state index contributed by atoms with van der Waals surface area (Å²) in [7, 11) is 0. The lowest BCUT2D eigenvalue weighted by Gasteiger charge is -2.19. The molecule has 1 atom stereocenters. The predicted octanol–water partition coefficient (Wildman–Crippen LogP) is 5.85. The second-order valence-electron chi connectivity index (χ2n) is 4.99. The third-order valence-corrected chi connectivity index (χ3v) is 3.23. The summed E-state index contributed by atoms with van der Waals surface area (Å²) in [6.07, 6.45) is 12.8. The first-order valence-corrected chi connectivity index (χ1v) is 7.58. The molecule has 0 heterocycles. The maximum Gasteiger partial charge on any atom is 0.0979 e. The molecule has 0 spiro atoms. The largest absolute Gasteiger partial charge is 0.495 e. The zero-order valence-corrected chi connectivity index (χ0v) is 12.3. The molecule has 0 saturated carbocycles. The van der Waals surface area contributed by atoms with Gasteiger partial charge in [0.05, 0.1) is 11.9 Å². The van der Waals surface area contributed by atoms with Crippen molar-refractivity contribution in [2.24, 2.45) is 0 Å². The Labute approximate surface area is 109 Å². The fourth-order valence-corrected chi connectivity index (χ4v) is 2.01. The predicted molar refractivity (Wildman–Crippen MR) is 77.2 cm³/mol. The molecule has 0 bridgehead atoms. The lowest BCUT2D eigenvalue weighted by molar-refractivity contribution is 0.0962. The van der Waals surface area contributed by atoms with Gasteiger partial charge in [-0.25, -0.2) is 0 Å². The molecule has 0 rings (SSSR count). The molecule has 1 nitrogen and oxygen atoms in total. The second-order valence-corrected chi connectivity index (χ2v) is 4.99. The van der Waals surface area contributed by atoms with Crippen LogP contribution in [0.1, 0.15) is 85.0 Å². The van der Waals surface area contributed by atoms with Crippen molar-refractivity contribution >= 4 is 0 Å². The molecule has 0 aromatic rings. The lowest BCUT2D eigenvalue weighted by Crippen LogP contribution is -2.11. The van der Waals surface area contributed by atoms with Crippen LogP contribution in [0.25, 0.3) is 0 Å². The summed E-state index contributed by atoms with van der Waals surface area (Å²) < 4.78 is 5.93. The number of ether oxygens (including phenoxy) is 1.